The molecule has 17 heavy (non-hydrogen) atoms. The van der Waals surface area contributed by atoms with Crippen molar-refractivity contribution in [3.8, 4) is 0 Å². The Bertz CT molecular complexity index is 537. The fourth-order valence-electron chi connectivity index (χ4n) is 1.72. The Labute approximate surface area is 98.3 Å². The van der Waals surface area contributed by atoms with Crippen LogP contribution in [0.25, 0.3) is 0 Å². The predicted molar refractivity (Wildman–Crippen MR) is 61.6 cm³/mol. The topological polar surface area (TPSA) is 20.2 Å². The van der Waals surface area contributed by atoms with E-state index < -0.39 is 17.7 Å². The Balaban J connectivity index is 2.36. The van der Waals surface area contributed by atoms with Gasteiger partial charge in [-0.15, -0.1) is 0 Å². The highest BCUT2D eigenvalue weighted by molar-refractivity contribution is 5.32. The SMILES string of the molecule is Cc1cccc([C@@H](O)c2ccc(F)c(F)c2)c1. The third-order valence-corrected chi connectivity index (χ3v) is 2.62. The van der Waals surface area contributed by atoms with Gasteiger partial charge in [0.25, 0.3) is 0 Å². The van der Waals surface area contributed by atoms with Crippen molar-refractivity contribution in [2.45, 2.75) is 13.0 Å². The Hall–Kier alpha value is -1.74. The van der Waals surface area contributed by atoms with E-state index in [2.05, 4.69) is 0 Å². The van der Waals surface area contributed by atoms with Gasteiger partial charge in [-0.3, -0.25) is 0 Å². The van der Waals surface area contributed by atoms with Crippen molar-refractivity contribution in [2.24, 2.45) is 0 Å². The number of hydrogen-bond donors (Lipinski definition) is 1. The van der Waals surface area contributed by atoms with Crippen molar-refractivity contribution in [2.75, 3.05) is 0 Å². The molecule has 1 atom stereocenters. The molecule has 0 spiro atoms. The van der Waals surface area contributed by atoms with Crippen LogP contribution in [0, 0.1) is 18.6 Å². The van der Waals surface area contributed by atoms with Gasteiger partial charge in [-0.05, 0) is 30.2 Å². The first-order chi connectivity index (χ1) is 8.08. The highest BCUT2D eigenvalue weighted by Crippen LogP contribution is 2.23. The molecule has 1 N–H and O–H groups in total. The summed E-state index contributed by atoms with van der Waals surface area (Å²) >= 11 is 0. The van der Waals surface area contributed by atoms with Crippen LogP contribution in [-0.2, 0) is 0 Å². The molecule has 88 valence electrons. The zero-order valence-electron chi connectivity index (χ0n) is 9.32. The van der Waals surface area contributed by atoms with Gasteiger partial charge in [0.1, 0.15) is 6.10 Å². The van der Waals surface area contributed by atoms with Crippen LogP contribution in [0.1, 0.15) is 22.8 Å². The second kappa shape index (κ2) is 4.63. The summed E-state index contributed by atoms with van der Waals surface area (Å²) in [5.74, 6) is -1.86. The van der Waals surface area contributed by atoms with Gasteiger partial charge in [0.15, 0.2) is 11.6 Å². The number of halogens is 2. The van der Waals surface area contributed by atoms with Crippen molar-refractivity contribution < 1.29 is 13.9 Å². The molecule has 2 rings (SSSR count). The lowest BCUT2D eigenvalue weighted by Crippen LogP contribution is -2.01. The molecule has 0 saturated carbocycles. The van der Waals surface area contributed by atoms with Crippen LogP contribution < -0.4 is 0 Å². The molecule has 0 bridgehead atoms. The second-order valence-electron chi connectivity index (χ2n) is 3.99. The molecule has 0 aliphatic carbocycles. The third-order valence-electron chi connectivity index (χ3n) is 2.62. The monoisotopic (exact) mass is 234 g/mol. The molecule has 0 aliphatic heterocycles. The summed E-state index contributed by atoms with van der Waals surface area (Å²) in [4.78, 5) is 0. The van der Waals surface area contributed by atoms with E-state index in [9.17, 15) is 13.9 Å². The molecule has 0 aromatic heterocycles. The third kappa shape index (κ3) is 2.50. The number of rotatable bonds is 2. The highest BCUT2D eigenvalue weighted by atomic mass is 19.2. The molecule has 0 aliphatic rings. The van der Waals surface area contributed by atoms with Gasteiger partial charge in [-0.2, -0.15) is 0 Å². The summed E-state index contributed by atoms with van der Waals surface area (Å²) in [6.07, 6.45) is -0.940. The quantitative estimate of drug-likeness (QED) is 0.844. The molecular formula is C14H12F2O. The van der Waals surface area contributed by atoms with E-state index >= 15 is 0 Å². The van der Waals surface area contributed by atoms with Crippen LogP contribution in [0.15, 0.2) is 42.5 Å². The van der Waals surface area contributed by atoms with Crippen LogP contribution in [0.5, 0.6) is 0 Å². The molecule has 0 fully saturated rings. The largest absolute Gasteiger partial charge is 0.384 e. The zero-order chi connectivity index (χ0) is 12.4. The highest BCUT2D eigenvalue weighted by Gasteiger charge is 2.12. The molecule has 3 heteroatoms. The van der Waals surface area contributed by atoms with Crippen molar-refractivity contribution in [3.05, 3.63) is 70.8 Å². The Morgan fingerprint density at radius 3 is 2.29 bits per heavy atom. The van der Waals surface area contributed by atoms with E-state index in [1.54, 1.807) is 6.07 Å². The normalized spacial score (nSPS) is 12.5. The first-order valence-electron chi connectivity index (χ1n) is 5.27. The van der Waals surface area contributed by atoms with E-state index in [4.69, 9.17) is 0 Å². The first kappa shape index (κ1) is 11.7. The minimum absolute atomic E-state index is 0.342. The minimum Gasteiger partial charge on any atom is -0.384 e. The molecule has 0 unspecified atom stereocenters. The van der Waals surface area contributed by atoms with Gasteiger partial charge in [-0.1, -0.05) is 35.9 Å². The zero-order valence-corrected chi connectivity index (χ0v) is 9.32. The maximum absolute atomic E-state index is 13.0. The van der Waals surface area contributed by atoms with Crippen molar-refractivity contribution in [3.63, 3.8) is 0 Å². The molecule has 0 radical (unpaired) electrons. The summed E-state index contributed by atoms with van der Waals surface area (Å²) in [6.45, 7) is 1.90. The fourth-order valence-corrected chi connectivity index (χ4v) is 1.72. The van der Waals surface area contributed by atoms with Crippen LogP contribution in [0.2, 0.25) is 0 Å². The maximum Gasteiger partial charge on any atom is 0.159 e. The number of aliphatic hydroxyl groups excluding tert-OH is 1. The average Bonchev–Trinajstić information content (AvgIpc) is 2.32. The fraction of sp³-hybridized carbons (Fsp3) is 0.143. The number of benzene rings is 2. The Morgan fingerprint density at radius 2 is 1.65 bits per heavy atom. The summed E-state index contributed by atoms with van der Waals surface area (Å²) in [5.41, 5.74) is 2.01. The van der Waals surface area contributed by atoms with Gasteiger partial charge >= 0.3 is 0 Å². The van der Waals surface area contributed by atoms with E-state index in [-0.39, 0.29) is 0 Å². The maximum atomic E-state index is 13.0. The lowest BCUT2D eigenvalue weighted by atomic mass is 10.00. The summed E-state index contributed by atoms with van der Waals surface area (Å²) in [6, 6.07) is 10.7. The average molecular weight is 234 g/mol. The Kier molecular flexibility index (Phi) is 3.20. The summed E-state index contributed by atoms with van der Waals surface area (Å²) in [5, 5.41) is 10.0. The van der Waals surface area contributed by atoms with Gasteiger partial charge in [0.05, 0.1) is 0 Å². The van der Waals surface area contributed by atoms with E-state index in [0.717, 1.165) is 17.7 Å². The number of hydrogen-bond acceptors (Lipinski definition) is 1. The van der Waals surface area contributed by atoms with Crippen molar-refractivity contribution >= 4 is 0 Å². The van der Waals surface area contributed by atoms with Gasteiger partial charge in [-0.25, -0.2) is 8.78 Å². The standard InChI is InChI=1S/C14H12F2O/c1-9-3-2-4-10(7-9)14(17)11-5-6-12(15)13(16)8-11/h2-8,14,17H,1H3/t14-/m1/s1. The predicted octanol–water partition coefficient (Wildman–Crippen LogP) is 3.35. The number of aliphatic hydroxyl groups is 1. The summed E-state index contributed by atoms with van der Waals surface area (Å²) in [7, 11) is 0. The van der Waals surface area contributed by atoms with Crippen LogP contribution in [0.3, 0.4) is 0 Å². The lowest BCUT2D eigenvalue weighted by Gasteiger charge is -2.12. The van der Waals surface area contributed by atoms with E-state index in [0.29, 0.717) is 11.1 Å². The second-order valence-corrected chi connectivity index (χ2v) is 3.99. The smallest absolute Gasteiger partial charge is 0.159 e. The van der Waals surface area contributed by atoms with Gasteiger partial charge < -0.3 is 5.11 Å². The van der Waals surface area contributed by atoms with Gasteiger partial charge in [0.2, 0.25) is 0 Å². The molecule has 2 aromatic rings. The van der Waals surface area contributed by atoms with E-state index in [1.165, 1.54) is 6.07 Å². The summed E-state index contributed by atoms with van der Waals surface area (Å²) < 4.78 is 25.8. The van der Waals surface area contributed by atoms with Crippen LogP contribution >= 0.6 is 0 Å². The van der Waals surface area contributed by atoms with Crippen LogP contribution in [-0.4, -0.2) is 5.11 Å². The molecule has 0 amide bonds. The minimum atomic E-state index is -0.950. The number of aryl methyl sites for hydroxylation is 1. The molecule has 0 heterocycles. The molecular weight excluding hydrogens is 222 g/mol. The lowest BCUT2D eigenvalue weighted by molar-refractivity contribution is 0.219. The van der Waals surface area contributed by atoms with Crippen LogP contribution in [0.4, 0.5) is 8.78 Å². The Morgan fingerprint density at radius 1 is 0.941 bits per heavy atom. The molecule has 0 saturated heterocycles. The molecule has 1 nitrogen and oxygen atoms in total. The van der Waals surface area contributed by atoms with Crippen molar-refractivity contribution in [1.29, 1.82) is 0 Å². The van der Waals surface area contributed by atoms with E-state index in [1.807, 2.05) is 25.1 Å². The van der Waals surface area contributed by atoms with Gasteiger partial charge in [0, 0.05) is 0 Å². The first-order valence-corrected chi connectivity index (χ1v) is 5.27. The molecule has 2 aromatic carbocycles. The van der Waals surface area contributed by atoms with Crippen molar-refractivity contribution in [1.82, 2.24) is 0 Å².